The molecule has 0 aliphatic heterocycles. The second-order valence-electron chi connectivity index (χ2n) is 4.40. The molecule has 0 aromatic carbocycles. The average molecular weight is 256 g/mol. The number of ether oxygens (including phenoxy) is 1. The van der Waals surface area contributed by atoms with Gasteiger partial charge in [-0.05, 0) is 44.8 Å². The van der Waals surface area contributed by atoms with Gasteiger partial charge in [0.1, 0.15) is 0 Å². The zero-order chi connectivity index (χ0) is 12.7. The molecule has 17 heavy (non-hydrogen) atoms. The summed E-state index contributed by atoms with van der Waals surface area (Å²) in [6, 6.07) is 5.18. The molecule has 0 fully saturated rings. The predicted octanol–water partition coefficient (Wildman–Crippen LogP) is 2.49. The van der Waals surface area contributed by atoms with E-state index in [0.717, 1.165) is 26.0 Å². The minimum absolute atomic E-state index is 0.438. The second-order valence-corrected chi connectivity index (χ2v) is 5.38. The van der Waals surface area contributed by atoms with Crippen molar-refractivity contribution in [3.8, 4) is 0 Å². The first-order chi connectivity index (χ1) is 8.20. The SMILES string of the molecule is COCC(CCCN)N(C)C(C)c1cccs1. The average Bonchev–Trinajstić information content (AvgIpc) is 2.86. The lowest BCUT2D eigenvalue weighted by atomic mass is 10.1. The molecule has 2 N–H and O–H groups in total. The van der Waals surface area contributed by atoms with Crippen molar-refractivity contribution in [2.75, 3.05) is 27.3 Å². The summed E-state index contributed by atoms with van der Waals surface area (Å²) in [5.74, 6) is 0. The fraction of sp³-hybridized carbons (Fsp3) is 0.692. The Labute approximate surface area is 109 Å². The standard InChI is InChI=1S/C13H24N2OS/c1-11(13-7-5-9-17-13)15(2)12(10-16-3)6-4-8-14/h5,7,9,11-12H,4,6,8,10,14H2,1-3H3. The second kappa shape index (κ2) is 7.82. The first kappa shape index (κ1) is 14.6. The maximum absolute atomic E-state index is 5.59. The van der Waals surface area contributed by atoms with E-state index in [1.165, 1.54) is 4.88 Å². The van der Waals surface area contributed by atoms with Crippen LogP contribution in [0.1, 0.15) is 30.7 Å². The fourth-order valence-electron chi connectivity index (χ4n) is 2.00. The van der Waals surface area contributed by atoms with Crippen molar-refractivity contribution in [1.82, 2.24) is 4.90 Å². The molecule has 0 aliphatic carbocycles. The monoisotopic (exact) mass is 256 g/mol. The van der Waals surface area contributed by atoms with E-state index in [4.69, 9.17) is 10.5 Å². The highest BCUT2D eigenvalue weighted by molar-refractivity contribution is 7.10. The Bertz CT molecular complexity index is 290. The summed E-state index contributed by atoms with van der Waals surface area (Å²) in [5, 5.41) is 2.13. The van der Waals surface area contributed by atoms with Crippen LogP contribution in [0.4, 0.5) is 0 Å². The maximum Gasteiger partial charge on any atom is 0.0618 e. The highest BCUT2D eigenvalue weighted by Crippen LogP contribution is 2.26. The van der Waals surface area contributed by atoms with E-state index in [2.05, 4.69) is 36.4 Å². The molecule has 1 aromatic heterocycles. The number of hydrogen-bond acceptors (Lipinski definition) is 4. The van der Waals surface area contributed by atoms with Crippen LogP contribution in [-0.4, -0.2) is 38.3 Å². The van der Waals surface area contributed by atoms with Crippen LogP contribution in [0.3, 0.4) is 0 Å². The lowest BCUT2D eigenvalue weighted by molar-refractivity contribution is 0.0794. The molecule has 0 bridgehead atoms. The van der Waals surface area contributed by atoms with E-state index < -0.39 is 0 Å². The molecule has 1 rings (SSSR count). The molecule has 0 amide bonds. The molecule has 3 nitrogen and oxygen atoms in total. The van der Waals surface area contributed by atoms with Crippen molar-refractivity contribution in [3.63, 3.8) is 0 Å². The molecule has 0 aliphatic rings. The summed E-state index contributed by atoms with van der Waals surface area (Å²) in [4.78, 5) is 3.80. The molecule has 4 heteroatoms. The van der Waals surface area contributed by atoms with Crippen molar-refractivity contribution in [2.24, 2.45) is 5.73 Å². The molecule has 0 spiro atoms. The number of rotatable bonds is 8. The van der Waals surface area contributed by atoms with Gasteiger partial charge in [-0.1, -0.05) is 6.07 Å². The van der Waals surface area contributed by atoms with Gasteiger partial charge in [0.2, 0.25) is 0 Å². The van der Waals surface area contributed by atoms with E-state index in [1.807, 2.05) is 11.3 Å². The molecule has 1 heterocycles. The van der Waals surface area contributed by atoms with Gasteiger partial charge in [-0.25, -0.2) is 0 Å². The van der Waals surface area contributed by atoms with Gasteiger partial charge in [-0.2, -0.15) is 0 Å². The lowest BCUT2D eigenvalue weighted by Gasteiger charge is -2.32. The van der Waals surface area contributed by atoms with E-state index in [-0.39, 0.29) is 0 Å². The van der Waals surface area contributed by atoms with Crippen LogP contribution in [0.15, 0.2) is 17.5 Å². The number of methoxy groups -OCH3 is 1. The van der Waals surface area contributed by atoms with Gasteiger partial charge >= 0.3 is 0 Å². The Morgan fingerprint density at radius 1 is 1.53 bits per heavy atom. The molecule has 0 saturated heterocycles. The molecule has 2 unspecified atom stereocenters. The fourth-order valence-corrected chi connectivity index (χ4v) is 2.83. The number of likely N-dealkylation sites (N-methyl/N-ethyl adjacent to an activating group) is 1. The van der Waals surface area contributed by atoms with Crippen LogP contribution >= 0.6 is 11.3 Å². The molecule has 0 saturated carbocycles. The minimum Gasteiger partial charge on any atom is -0.383 e. The Kier molecular flexibility index (Phi) is 6.73. The number of nitrogens with zero attached hydrogens (tertiary/aromatic N) is 1. The van der Waals surface area contributed by atoms with Crippen molar-refractivity contribution in [1.29, 1.82) is 0 Å². The van der Waals surface area contributed by atoms with Gasteiger partial charge in [-0.15, -0.1) is 11.3 Å². The van der Waals surface area contributed by atoms with Gasteiger partial charge in [0.15, 0.2) is 0 Å². The number of nitrogens with two attached hydrogens (primary N) is 1. The number of hydrogen-bond donors (Lipinski definition) is 1. The highest BCUT2D eigenvalue weighted by atomic mass is 32.1. The van der Waals surface area contributed by atoms with Crippen molar-refractivity contribution in [2.45, 2.75) is 31.8 Å². The molecule has 98 valence electrons. The highest BCUT2D eigenvalue weighted by Gasteiger charge is 2.21. The van der Waals surface area contributed by atoms with Crippen LogP contribution in [0, 0.1) is 0 Å². The Balaban J connectivity index is 2.59. The van der Waals surface area contributed by atoms with Gasteiger partial charge in [-0.3, -0.25) is 4.90 Å². The maximum atomic E-state index is 5.59. The summed E-state index contributed by atoms with van der Waals surface area (Å²) < 4.78 is 5.31. The topological polar surface area (TPSA) is 38.5 Å². The molecular formula is C13H24N2OS. The molecule has 1 aromatic rings. The third-order valence-corrected chi connectivity index (χ3v) is 4.28. The molecular weight excluding hydrogens is 232 g/mol. The van der Waals surface area contributed by atoms with E-state index in [9.17, 15) is 0 Å². The van der Waals surface area contributed by atoms with Crippen LogP contribution in [0.2, 0.25) is 0 Å². The van der Waals surface area contributed by atoms with E-state index in [0.29, 0.717) is 12.1 Å². The van der Waals surface area contributed by atoms with Crippen molar-refractivity contribution < 1.29 is 4.74 Å². The van der Waals surface area contributed by atoms with Crippen LogP contribution in [-0.2, 0) is 4.74 Å². The minimum atomic E-state index is 0.438. The molecule has 2 atom stereocenters. The van der Waals surface area contributed by atoms with Gasteiger partial charge in [0, 0.05) is 24.1 Å². The van der Waals surface area contributed by atoms with Crippen molar-refractivity contribution in [3.05, 3.63) is 22.4 Å². The normalized spacial score (nSPS) is 15.1. The van der Waals surface area contributed by atoms with E-state index >= 15 is 0 Å². The third kappa shape index (κ3) is 4.39. The van der Waals surface area contributed by atoms with Gasteiger partial charge < -0.3 is 10.5 Å². The first-order valence-corrected chi connectivity index (χ1v) is 7.03. The van der Waals surface area contributed by atoms with Crippen LogP contribution < -0.4 is 5.73 Å². The van der Waals surface area contributed by atoms with Crippen LogP contribution in [0.5, 0.6) is 0 Å². The summed E-state index contributed by atoms with van der Waals surface area (Å²) in [6.07, 6.45) is 2.14. The Morgan fingerprint density at radius 3 is 2.82 bits per heavy atom. The van der Waals surface area contributed by atoms with Gasteiger partial charge in [0.25, 0.3) is 0 Å². The summed E-state index contributed by atoms with van der Waals surface area (Å²) >= 11 is 1.81. The first-order valence-electron chi connectivity index (χ1n) is 6.15. The smallest absolute Gasteiger partial charge is 0.0618 e. The number of thiophene rings is 1. The quantitative estimate of drug-likeness (QED) is 0.776. The third-order valence-electron chi connectivity index (χ3n) is 3.24. The zero-order valence-electron chi connectivity index (χ0n) is 11.1. The Morgan fingerprint density at radius 2 is 2.29 bits per heavy atom. The lowest BCUT2D eigenvalue weighted by Crippen LogP contribution is -2.37. The largest absolute Gasteiger partial charge is 0.383 e. The predicted molar refractivity (Wildman–Crippen MR) is 74.4 cm³/mol. The zero-order valence-corrected chi connectivity index (χ0v) is 11.9. The van der Waals surface area contributed by atoms with Crippen molar-refractivity contribution >= 4 is 11.3 Å². The van der Waals surface area contributed by atoms with E-state index in [1.54, 1.807) is 7.11 Å². The molecule has 0 radical (unpaired) electrons. The summed E-state index contributed by atoms with van der Waals surface area (Å²) in [5.41, 5.74) is 5.59. The van der Waals surface area contributed by atoms with Gasteiger partial charge in [0.05, 0.1) is 6.61 Å². The summed E-state index contributed by atoms with van der Waals surface area (Å²) in [6.45, 7) is 3.77. The Hall–Kier alpha value is -0.420. The summed E-state index contributed by atoms with van der Waals surface area (Å²) in [7, 11) is 3.93. The van der Waals surface area contributed by atoms with Crippen LogP contribution in [0.25, 0.3) is 0 Å².